The second-order valence-corrected chi connectivity index (χ2v) is 5.50. The van der Waals surface area contributed by atoms with Crippen LogP contribution in [0.25, 0.3) is 0 Å². The molecule has 1 aromatic carbocycles. The first-order valence-electron chi connectivity index (χ1n) is 6.11. The fraction of sp³-hybridized carbons (Fsp3) is 0.267. The molecule has 0 bridgehead atoms. The molecule has 0 aliphatic heterocycles. The van der Waals surface area contributed by atoms with Crippen LogP contribution in [0.2, 0.25) is 0 Å². The van der Waals surface area contributed by atoms with Crippen LogP contribution >= 0.6 is 15.9 Å². The number of aryl methyl sites for hydroxylation is 2. The highest BCUT2D eigenvalue weighted by molar-refractivity contribution is 9.10. The second-order valence-electron chi connectivity index (χ2n) is 4.71. The summed E-state index contributed by atoms with van der Waals surface area (Å²) in [4.78, 5) is 4.33. The predicted molar refractivity (Wildman–Crippen MR) is 78.4 cm³/mol. The van der Waals surface area contributed by atoms with Gasteiger partial charge >= 0.3 is 0 Å². The molecule has 0 aliphatic rings. The summed E-state index contributed by atoms with van der Waals surface area (Å²) in [5, 5.41) is 0. The van der Waals surface area contributed by atoms with E-state index in [1.54, 1.807) is 6.07 Å². The Kier molecular flexibility index (Phi) is 4.32. The van der Waals surface area contributed by atoms with Crippen LogP contribution in [0.1, 0.15) is 28.6 Å². The first kappa shape index (κ1) is 14.2. The SMILES string of the molecule is Cc1cc(C(N)Cc2cccc(F)c2Br)cc(C)n1. The normalized spacial score (nSPS) is 12.5. The van der Waals surface area contributed by atoms with Crippen LogP contribution < -0.4 is 5.73 Å². The highest BCUT2D eigenvalue weighted by atomic mass is 79.9. The standard InChI is InChI=1S/C15H16BrFN2/c1-9-6-12(7-10(2)19-9)14(18)8-11-4-3-5-13(17)15(11)16/h3-7,14H,8,18H2,1-2H3. The largest absolute Gasteiger partial charge is 0.324 e. The third-order valence-corrected chi connectivity index (χ3v) is 3.89. The fourth-order valence-corrected chi connectivity index (χ4v) is 2.57. The molecule has 0 fully saturated rings. The Bertz CT molecular complexity index is 578. The Morgan fingerprint density at radius 2 is 1.89 bits per heavy atom. The van der Waals surface area contributed by atoms with Gasteiger partial charge in [0.05, 0.1) is 4.47 Å². The Hall–Kier alpha value is -1.26. The zero-order valence-corrected chi connectivity index (χ0v) is 12.5. The van der Waals surface area contributed by atoms with Gasteiger partial charge in [0, 0.05) is 17.4 Å². The van der Waals surface area contributed by atoms with Gasteiger partial charge in [-0.25, -0.2) is 4.39 Å². The van der Waals surface area contributed by atoms with E-state index in [0.29, 0.717) is 10.9 Å². The summed E-state index contributed by atoms with van der Waals surface area (Å²) in [5.74, 6) is -0.258. The average molecular weight is 323 g/mol. The van der Waals surface area contributed by atoms with Crippen molar-refractivity contribution in [2.45, 2.75) is 26.3 Å². The number of halogens is 2. The minimum absolute atomic E-state index is 0.168. The van der Waals surface area contributed by atoms with E-state index >= 15 is 0 Å². The van der Waals surface area contributed by atoms with Crippen LogP contribution in [0.5, 0.6) is 0 Å². The average Bonchev–Trinajstić information content (AvgIpc) is 2.33. The molecule has 2 rings (SSSR count). The highest BCUT2D eigenvalue weighted by Crippen LogP contribution is 2.25. The number of aromatic nitrogens is 1. The van der Waals surface area contributed by atoms with Crippen molar-refractivity contribution in [2.75, 3.05) is 0 Å². The van der Waals surface area contributed by atoms with Gasteiger partial charge in [-0.05, 0) is 65.5 Å². The first-order chi connectivity index (χ1) is 8.97. The smallest absolute Gasteiger partial charge is 0.137 e. The Labute approximate surface area is 121 Å². The Morgan fingerprint density at radius 1 is 1.26 bits per heavy atom. The van der Waals surface area contributed by atoms with Crippen molar-refractivity contribution in [2.24, 2.45) is 5.73 Å². The number of nitrogens with zero attached hydrogens (tertiary/aromatic N) is 1. The third kappa shape index (κ3) is 3.39. The van der Waals surface area contributed by atoms with Crippen LogP contribution in [-0.4, -0.2) is 4.98 Å². The number of nitrogens with two attached hydrogens (primary N) is 1. The monoisotopic (exact) mass is 322 g/mol. The van der Waals surface area contributed by atoms with Crippen molar-refractivity contribution in [1.82, 2.24) is 4.98 Å². The molecule has 1 heterocycles. The van der Waals surface area contributed by atoms with Gasteiger partial charge in [-0.1, -0.05) is 12.1 Å². The van der Waals surface area contributed by atoms with E-state index in [1.807, 2.05) is 32.0 Å². The first-order valence-corrected chi connectivity index (χ1v) is 6.90. The molecule has 0 radical (unpaired) electrons. The molecule has 19 heavy (non-hydrogen) atoms. The molecule has 1 unspecified atom stereocenters. The minimum atomic E-state index is -0.258. The molecule has 4 heteroatoms. The summed E-state index contributed by atoms with van der Waals surface area (Å²) in [6.07, 6.45) is 0.585. The molecule has 0 aliphatic carbocycles. The van der Waals surface area contributed by atoms with Gasteiger partial charge in [-0.15, -0.1) is 0 Å². The fourth-order valence-electron chi connectivity index (χ4n) is 2.14. The van der Waals surface area contributed by atoms with Crippen molar-refractivity contribution >= 4 is 15.9 Å². The van der Waals surface area contributed by atoms with E-state index in [4.69, 9.17) is 5.73 Å². The molecule has 1 atom stereocenters. The number of pyridine rings is 1. The molecule has 0 spiro atoms. The van der Waals surface area contributed by atoms with Gasteiger partial charge < -0.3 is 5.73 Å². The van der Waals surface area contributed by atoms with Gasteiger partial charge in [0.2, 0.25) is 0 Å². The lowest BCUT2D eigenvalue weighted by Gasteiger charge is -2.14. The topological polar surface area (TPSA) is 38.9 Å². The molecular formula is C15H16BrFN2. The number of benzene rings is 1. The molecule has 2 aromatic rings. The van der Waals surface area contributed by atoms with Crippen LogP contribution in [-0.2, 0) is 6.42 Å². The summed E-state index contributed by atoms with van der Waals surface area (Å²) in [6.45, 7) is 3.89. The lowest BCUT2D eigenvalue weighted by Crippen LogP contribution is -2.14. The minimum Gasteiger partial charge on any atom is -0.324 e. The summed E-state index contributed by atoms with van der Waals surface area (Å²) < 4.78 is 14.0. The van der Waals surface area contributed by atoms with E-state index in [-0.39, 0.29) is 11.9 Å². The van der Waals surface area contributed by atoms with E-state index < -0.39 is 0 Å². The maximum atomic E-state index is 13.5. The molecule has 0 amide bonds. The van der Waals surface area contributed by atoms with Crippen LogP contribution in [0.4, 0.5) is 4.39 Å². The van der Waals surface area contributed by atoms with Gasteiger partial charge in [0.25, 0.3) is 0 Å². The molecule has 1 aromatic heterocycles. The zero-order valence-electron chi connectivity index (χ0n) is 11.0. The second kappa shape index (κ2) is 5.80. The van der Waals surface area contributed by atoms with E-state index in [9.17, 15) is 4.39 Å². The molecular weight excluding hydrogens is 307 g/mol. The summed E-state index contributed by atoms with van der Waals surface area (Å²) in [6, 6.07) is 8.80. The number of hydrogen-bond acceptors (Lipinski definition) is 2. The molecule has 2 N–H and O–H groups in total. The predicted octanol–water partition coefficient (Wildman–Crippen LogP) is 3.84. The lowest BCUT2D eigenvalue weighted by atomic mass is 9.99. The van der Waals surface area contributed by atoms with Crippen molar-refractivity contribution in [1.29, 1.82) is 0 Å². The summed E-state index contributed by atoms with van der Waals surface area (Å²) in [7, 11) is 0. The van der Waals surface area contributed by atoms with Gasteiger partial charge in [0.1, 0.15) is 5.82 Å². The summed E-state index contributed by atoms with van der Waals surface area (Å²) in [5.41, 5.74) is 10.0. The molecule has 0 saturated heterocycles. The van der Waals surface area contributed by atoms with Crippen LogP contribution in [0.3, 0.4) is 0 Å². The lowest BCUT2D eigenvalue weighted by molar-refractivity contribution is 0.614. The molecule has 2 nitrogen and oxygen atoms in total. The van der Waals surface area contributed by atoms with E-state index in [2.05, 4.69) is 20.9 Å². The molecule has 100 valence electrons. The number of rotatable bonds is 3. The maximum absolute atomic E-state index is 13.5. The van der Waals surface area contributed by atoms with Crippen molar-refractivity contribution in [3.63, 3.8) is 0 Å². The van der Waals surface area contributed by atoms with Crippen LogP contribution in [0, 0.1) is 19.7 Å². The summed E-state index contributed by atoms with van der Waals surface area (Å²) >= 11 is 3.27. The van der Waals surface area contributed by atoms with Gasteiger partial charge in [-0.2, -0.15) is 0 Å². The Morgan fingerprint density at radius 3 is 2.53 bits per heavy atom. The maximum Gasteiger partial charge on any atom is 0.137 e. The van der Waals surface area contributed by atoms with Gasteiger partial charge in [0.15, 0.2) is 0 Å². The van der Waals surface area contributed by atoms with E-state index in [0.717, 1.165) is 22.5 Å². The van der Waals surface area contributed by atoms with E-state index in [1.165, 1.54) is 6.07 Å². The zero-order chi connectivity index (χ0) is 14.0. The highest BCUT2D eigenvalue weighted by Gasteiger charge is 2.12. The van der Waals surface area contributed by atoms with Gasteiger partial charge in [-0.3, -0.25) is 4.98 Å². The van der Waals surface area contributed by atoms with Crippen molar-refractivity contribution < 1.29 is 4.39 Å². The van der Waals surface area contributed by atoms with Crippen LogP contribution in [0.15, 0.2) is 34.8 Å². The third-order valence-electron chi connectivity index (χ3n) is 3.00. The quantitative estimate of drug-likeness (QED) is 0.932. The molecule has 0 saturated carbocycles. The number of hydrogen-bond donors (Lipinski definition) is 1. The van der Waals surface area contributed by atoms with Crippen molar-refractivity contribution in [3.05, 3.63) is 63.1 Å². The van der Waals surface area contributed by atoms with Crippen molar-refractivity contribution in [3.8, 4) is 0 Å². The Balaban J connectivity index is 2.25.